The molecule has 0 bridgehead atoms. The molecule has 6 nitrogen and oxygen atoms in total. The third kappa shape index (κ3) is 7.48. The van der Waals surface area contributed by atoms with Crippen LogP contribution in [0, 0.1) is 0 Å². The van der Waals surface area contributed by atoms with Gasteiger partial charge >= 0.3 is 0 Å². The van der Waals surface area contributed by atoms with Crippen LogP contribution in [-0.4, -0.2) is 39.8 Å². The first-order chi connectivity index (χ1) is 14.0. The van der Waals surface area contributed by atoms with Crippen molar-refractivity contribution in [2.45, 2.75) is 26.4 Å². The molecule has 0 heterocycles. The number of guanidine groups is 1. The maximum Gasteiger partial charge on any atom is 0.272 e. The van der Waals surface area contributed by atoms with Crippen LogP contribution in [0.1, 0.15) is 18.1 Å². The molecular formula is C21H27F2N3O3. The third-order valence-electron chi connectivity index (χ3n) is 3.98. The van der Waals surface area contributed by atoms with E-state index in [1.165, 1.54) is 0 Å². The zero-order valence-electron chi connectivity index (χ0n) is 16.9. The zero-order chi connectivity index (χ0) is 21.1. The molecule has 2 aromatic carbocycles. The molecule has 0 saturated carbocycles. The second-order valence-corrected chi connectivity index (χ2v) is 6.08. The van der Waals surface area contributed by atoms with Gasteiger partial charge in [-0.05, 0) is 36.8 Å². The average Bonchev–Trinajstić information content (AvgIpc) is 2.74. The Balaban J connectivity index is 2.02. The number of aliphatic imine (C=N–C) groups is 1. The molecule has 0 spiro atoms. The molecule has 2 rings (SSSR count). The van der Waals surface area contributed by atoms with Crippen molar-refractivity contribution in [2.24, 2.45) is 4.99 Å². The topological polar surface area (TPSA) is 64.1 Å². The van der Waals surface area contributed by atoms with Gasteiger partial charge in [0.25, 0.3) is 6.43 Å². The average molecular weight is 407 g/mol. The summed E-state index contributed by atoms with van der Waals surface area (Å²) in [6.45, 7) is 2.94. The summed E-state index contributed by atoms with van der Waals surface area (Å²) >= 11 is 0. The minimum absolute atomic E-state index is 0.376. The van der Waals surface area contributed by atoms with Crippen LogP contribution in [0.25, 0.3) is 0 Å². The third-order valence-corrected chi connectivity index (χ3v) is 3.98. The van der Waals surface area contributed by atoms with E-state index >= 15 is 0 Å². The lowest BCUT2D eigenvalue weighted by molar-refractivity contribution is 0.0818. The smallest absolute Gasteiger partial charge is 0.272 e. The van der Waals surface area contributed by atoms with Gasteiger partial charge in [0.2, 0.25) is 0 Å². The fourth-order valence-electron chi connectivity index (χ4n) is 2.58. The van der Waals surface area contributed by atoms with Crippen LogP contribution in [0.15, 0.2) is 47.5 Å². The molecule has 0 aliphatic carbocycles. The van der Waals surface area contributed by atoms with Crippen LogP contribution in [-0.2, 0) is 13.1 Å². The molecular weight excluding hydrogens is 380 g/mol. The lowest BCUT2D eigenvalue weighted by Crippen LogP contribution is -2.36. The van der Waals surface area contributed by atoms with Crippen molar-refractivity contribution in [1.82, 2.24) is 10.6 Å². The Labute approximate surface area is 169 Å². The van der Waals surface area contributed by atoms with E-state index in [9.17, 15) is 8.78 Å². The van der Waals surface area contributed by atoms with E-state index in [1.54, 1.807) is 32.4 Å². The number of ether oxygens (including phenoxy) is 3. The standard InChI is InChI=1S/C21H27F2N3O3/c1-4-24-21(26-13-16-8-9-17(27-2)11-19(16)28-3)25-12-15-6-5-7-18(10-15)29-14-20(22)23/h5-11,20H,4,12-14H2,1-3H3,(H2,24,25,26). The Hall–Kier alpha value is -3.03. The first kappa shape index (κ1) is 22.3. The lowest BCUT2D eigenvalue weighted by atomic mass is 10.2. The highest BCUT2D eigenvalue weighted by atomic mass is 19.3. The first-order valence-electron chi connectivity index (χ1n) is 9.28. The van der Waals surface area contributed by atoms with E-state index in [-0.39, 0.29) is 0 Å². The summed E-state index contributed by atoms with van der Waals surface area (Å²) in [4.78, 5) is 4.55. The molecule has 0 amide bonds. The fraction of sp³-hybridized carbons (Fsp3) is 0.381. The van der Waals surface area contributed by atoms with Crippen molar-refractivity contribution in [2.75, 3.05) is 27.4 Å². The van der Waals surface area contributed by atoms with Crippen LogP contribution in [0.5, 0.6) is 17.2 Å². The molecule has 0 aromatic heterocycles. The predicted octanol–water partition coefficient (Wildman–Crippen LogP) is 3.60. The predicted molar refractivity (Wildman–Crippen MR) is 109 cm³/mol. The minimum Gasteiger partial charge on any atom is -0.497 e. The molecule has 0 saturated heterocycles. The highest BCUT2D eigenvalue weighted by Gasteiger charge is 2.07. The Morgan fingerprint density at radius 2 is 1.86 bits per heavy atom. The molecule has 0 fully saturated rings. The summed E-state index contributed by atoms with van der Waals surface area (Å²) in [5, 5.41) is 6.44. The summed E-state index contributed by atoms with van der Waals surface area (Å²) in [6, 6.07) is 12.6. The fourth-order valence-corrected chi connectivity index (χ4v) is 2.58. The Morgan fingerprint density at radius 1 is 1.03 bits per heavy atom. The molecule has 0 aliphatic heterocycles. The first-order valence-corrected chi connectivity index (χ1v) is 9.28. The van der Waals surface area contributed by atoms with Gasteiger partial charge in [-0.3, -0.25) is 0 Å². The van der Waals surface area contributed by atoms with Gasteiger partial charge in [0.15, 0.2) is 5.96 Å². The highest BCUT2D eigenvalue weighted by molar-refractivity contribution is 5.79. The summed E-state index contributed by atoms with van der Waals surface area (Å²) in [5.74, 6) is 2.47. The summed E-state index contributed by atoms with van der Waals surface area (Å²) in [7, 11) is 3.22. The minimum atomic E-state index is -2.50. The van der Waals surface area contributed by atoms with Crippen molar-refractivity contribution in [3.8, 4) is 17.2 Å². The second kappa shape index (κ2) is 11.7. The van der Waals surface area contributed by atoms with Gasteiger partial charge in [0.1, 0.15) is 23.9 Å². The number of rotatable bonds is 10. The van der Waals surface area contributed by atoms with E-state index in [0.717, 1.165) is 22.6 Å². The number of alkyl halides is 2. The number of halogens is 2. The summed E-state index contributed by atoms with van der Waals surface area (Å²) < 4.78 is 40.3. The quantitative estimate of drug-likeness (QED) is 0.465. The molecule has 0 unspecified atom stereocenters. The Kier molecular flexibility index (Phi) is 9.01. The molecule has 8 heteroatoms. The van der Waals surface area contributed by atoms with Crippen LogP contribution in [0.2, 0.25) is 0 Å². The normalized spacial score (nSPS) is 11.3. The van der Waals surface area contributed by atoms with Gasteiger partial charge < -0.3 is 24.8 Å². The van der Waals surface area contributed by atoms with Gasteiger partial charge in [0, 0.05) is 24.7 Å². The van der Waals surface area contributed by atoms with E-state index in [1.807, 2.05) is 31.2 Å². The van der Waals surface area contributed by atoms with Gasteiger partial charge in [-0.15, -0.1) is 0 Å². The number of methoxy groups -OCH3 is 2. The Morgan fingerprint density at radius 3 is 2.55 bits per heavy atom. The van der Waals surface area contributed by atoms with Gasteiger partial charge in [-0.2, -0.15) is 0 Å². The van der Waals surface area contributed by atoms with Crippen LogP contribution in [0.3, 0.4) is 0 Å². The zero-order valence-corrected chi connectivity index (χ0v) is 16.9. The van der Waals surface area contributed by atoms with E-state index in [2.05, 4.69) is 15.6 Å². The van der Waals surface area contributed by atoms with Crippen molar-refractivity contribution in [3.63, 3.8) is 0 Å². The molecule has 0 aliphatic rings. The SMILES string of the molecule is CCNC(=NCc1cccc(OCC(F)F)c1)NCc1ccc(OC)cc1OC. The van der Waals surface area contributed by atoms with Crippen molar-refractivity contribution >= 4 is 5.96 Å². The van der Waals surface area contributed by atoms with Crippen molar-refractivity contribution < 1.29 is 23.0 Å². The van der Waals surface area contributed by atoms with Crippen molar-refractivity contribution in [1.29, 1.82) is 0 Å². The van der Waals surface area contributed by atoms with E-state index in [4.69, 9.17) is 14.2 Å². The molecule has 2 aromatic rings. The lowest BCUT2D eigenvalue weighted by Gasteiger charge is -2.14. The molecule has 29 heavy (non-hydrogen) atoms. The van der Waals surface area contributed by atoms with Gasteiger partial charge in [0.05, 0.1) is 20.8 Å². The maximum atomic E-state index is 12.3. The number of nitrogens with one attached hydrogen (secondary N) is 2. The van der Waals surface area contributed by atoms with Crippen LogP contribution >= 0.6 is 0 Å². The maximum absolute atomic E-state index is 12.3. The number of benzene rings is 2. The molecule has 0 atom stereocenters. The summed E-state index contributed by atoms with van der Waals surface area (Å²) in [6.07, 6.45) is -2.50. The second-order valence-electron chi connectivity index (χ2n) is 6.08. The van der Waals surface area contributed by atoms with Crippen LogP contribution in [0.4, 0.5) is 8.78 Å². The number of hydrogen-bond acceptors (Lipinski definition) is 4. The van der Waals surface area contributed by atoms with Crippen LogP contribution < -0.4 is 24.8 Å². The summed E-state index contributed by atoms with van der Waals surface area (Å²) in [5.41, 5.74) is 1.82. The van der Waals surface area contributed by atoms with Crippen molar-refractivity contribution in [3.05, 3.63) is 53.6 Å². The van der Waals surface area contributed by atoms with E-state index in [0.29, 0.717) is 31.3 Å². The number of nitrogens with zero attached hydrogens (tertiary/aromatic N) is 1. The van der Waals surface area contributed by atoms with E-state index < -0.39 is 13.0 Å². The number of hydrogen-bond donors (Lipinski definition) is 2. The largest absolute Gasteiger partial charge is 0.497 e. The molecule has 158 valence electrons. The highest BCUT2D eigenvalue weighted by Crippen LogP contribution is 2.24. The molecule has 0 radical (unpaired) electrons. The monoisotopic (exact) mass is 407 g/mol. The molecule has 2 N–H and O–H groups in total. The Bertz CT molecular complexity index is 800. The van der Waals surface area contributed by atoms with Gasteiger partial charge in [-0.1, -0.05) is 12.1 Å². The van der Waals surface area contributed by atoms with Gasteiger partial charge in [-0.25, -0.2) is 13.8 Å².